The van der Waals surface area contributed by atoms with Crippen molar-refractivity contribution in [3.8, 4) is 0 Å². The highest BCUT2D eigenvalue weighted by atomic mass is 19.1. The second-order valence-corrected chi connectivity index (χ2v) is 5.06. The molecule has 1 atom stereocenters. The molecule has 1 unspecified atom stereocenters. The maximum absolute atomic E-state index is 13.0. The predicted molar refractivity (Wildman–Crippen MR) is 84.9 cm³/mol. The standard InChI is InChI=1S/C17H22FN3/c1-3-19-17(16-10-9-14(18)13-20-16)11-12-21(2)15-7-5-4-6-8-15/h4-10,13,17,19H,3,11-12H2,1-2H3. The first-order chi connectivity index (χ1) is 10.2. The minimum atomic E-state index is -0.296. The normalized spacial score (nSPS) is 12.1. The Kier molecular flexibility index (Phi) is 5.69. The lowest BCUT2D eigenvalue weighted by Crippen LogP contribution is -2.27. The van der Waals surface area contributed by atoms with E-state index in [1.165, 1.54) is 18.0 Å². The van der Waals surface area contributed by atoms with Crippen LogP contribution in [0.15, 0.2) is 48.7 Å². The van der Waals surface area contributed by atoms with Crippen LogP contribution in [-0.4, -0.2) is 25.1 Å². The maximum atomic E-state index is 13.0. The molecule has 0 radical (unpaired) electrons. The molecule has 1 aromatic carbocycles. The van der Waals surface area contributed by atoms with Crippen molar-refractivity contribution < 1.29 is 4.39 Å². The third-order valence-electron chi connectivity index (χ3n) is 3.51. The fourth-order valence-corrected chi connectivity index (χ4v) is 2.33. The van der Waals surface area contributed by atoms with Gasteiger partial charge in [0.2, 0.25) is 0 Å². The molecular formula is C17H22FN3. The van der Waals surface area contributed by atoms with Gasteiger partial charge in [0.25, 0.3) is 0 Å². The van der Waals surface area contributed by atoms with Gasteiger partial charge >= 0.3 is 0 Å². The predicted octanol–water partition coefficient (Wildman–Crippen LogP) is 3.40. The van der Waals surface area contributed by atoms with Gasteiger partial charge in [0.05, 0.1) is 17.9 Å². The number of halogens is 1. The van der Waals surface area contributed by atoms with Crippen molar-refractivity contribution in [2.24, 2.45) is 0 Å². The molecule has 0 fully saturated rings. The Morgan fingerprint density at radius 1 is 1.19 bits per heavy atom. The molecule has 0 aliphatic rings. The molecule has 0 aliphatic heterocycles. The molecule has 0 saturated carbocycles. The maximum Gasteiger partial charge on any atom is 0.141 e. The minimum Gasteiger partial charge on any atom is -0.375 e. The number of pyridine rings is 1. The molecule has 1 N–H and O–H groups in total. The summed E-state index contributed by atoms with van der Waals surface area (Å²) in [5.74, 6) is -0.296. The van der Waals surface area contributed by atoms with Gasteiger partial charge in [-0.3, -0.25) is 4.98 Å². The molecular weight excluding hydrogens is 265 g/mol. The first kappa shape index (κ1) is 15.4. The molecule has 2 rings (SSSR count). The molecule has 0 saturated heterocycles. The summed E-state index contributed by atoms with van der Waals surface area (Å²) >= 11 is 0. The third kappa shape index (κ3) is 4.53. The summed E-state index contributed by atoms with van der Waals surface area (Å²) in [5.41, 5.74) is 2.08. The van der Waals surface area contributed by atoms with Crippen LogP contribution in [0.4, 0.5) is 10.1 Å². The number of hydrogen-bond acceptors (Lipinski definition) is 3. The van der Waals surface area contributed by atoms with Crippen LogP contribution in [0.3, 0.4) is 0 Å². The lowest BCUT2D eigenvalue weighted by molar-refractivity contribution is 0.502. The van der Waals surface area contributed by atoms with Crippen molar-refractivity contribution in [2.75, 3.05) is 25.0 Å². The fourth-order valence-electron chi connectivity index (χ4n) is 2.33. The molecule has 0 aliphatic carbocycles. The summed E-state index contributed by atoms with van der Waals surface area (Å²) in [5, 5.41) is 3.41. The molecule has 4 heteroatoms. The Morgan fingerprint density at radius 3 is 2.57 bits per heavy atom. The van der Waals surface area contributed by atoms with E-state index in [-0.39, 0.29) is 11.9 Å². The zero-order valence-corrected chi connectivity index (χ0v) is 12.6. The van der Waals surface area contributed by atoms with E-state index in [2.05, 4.69) is 41.3 Å². The summed E-state index contributed by atoms with van der Waals surface area (Å²) in [6, 6.07) is 13.6. The summed E-state index contributed by atoms with van der Waals surface area (Å²) in [7, 11) is 2.08. The number of nitrogens with zero attached hydrogens (tertiary/aromatic N) is 2. The monoisotopic (exact) mass is 287 g/mol. The number of nitrogens with one attached hydrogen (secondary N) is 1. The summed E-state index contributed by atoms with van der Waals surface area (Å²) in [6.45, 7) is 3.83. The molecule has 21 heavy (non-hydrogen) atoms. The molecule has 0 spiro atoms. The van der Waals surface area contributed by atoms with E-state index in [9.17, 15) is 4.39 Å². The SMILES string of the molecule is CCNC(CCN(C)c1ccccc1)c1ccc(F)cn1. The third-order valence-corrected chi connectivity index (χ3v) is 3.51. The van der Waals surface area contributed by atoms with Crippen molar-refractivity contribution in [1.29, 1.82) is 0 Å². The van der Waals surface area contributed by atoms with Gasteiger partial charge in [-0.25, -0.2) is 4.39 Å². The lowest BCUT2D eigenvalue weighted by Gasteiger charge is -2.23. The summed E-state index contributed by atoms with van der Waals surface area (Å²) < 4.78 is 13.0. The van der Waals surface area contributed by atoms with E-state index in [4.69, 9.17) is 0 Å². The van der Waals surface area contributed by atoms with E-state index in [0.29, 0.717) is 0 Å². The number of para-hydroxylation sites is 1. The Morgan fingerprint density at radius 2 is 1.95 bits per heavy atom. The first-order valence-corrected chi connectivity index (χ1v) is 7.31. The van der Waals surface area contributed by atoms with Gasteiger partial charge in [-0.1, -0.05) is 25.1 Å². The fraction of sp³-hybridized carbons (Fsp3) is 0.353. The van der Waals surface area contributed by atoms with Gasteiger partial charge in [-0.15, -0.1) is 0 Å². The highest BCUT2D eigenvalue weighted by Gasteiger charge is 2.13. The topological polar surface area (TPSA) is 28.2 Å². The smallest absolute Gasteiger partial charge is 0.141 e. The summed E-state index contributed by atoms with van der Waals surface area (Å²) in [6.07, 6.45) is 2.19. The number of hydrogen-bond donors (Lipinski definition) is 1. The average molecular weight is 287 g/mol. The Labute approximate surface area is 125 Å². The lowest BCUT2D eigenvalue weighted by atomic mass is 10.1. The quantitative estimate of drug-likeness (QED) is 0.846. The number of anilines is 1. The molecule has 2 aromatic rings. The van der Waals surface area contributed by atoms with Crippen LogP contribution in [0.1, 0.15) is 25.1 Å². The second kappa shape index (κ2) is 7.74. The molecule has 1 heterocycles. The van der Waals surface area contributed by atoms with Crippen molar-refractivity contribution >= 4 is 5.69 Å². The van der Waals surface area contributed by atoms with Gasteiger partial charge < -0.3 is 10.2 Å². The van der Waals surface area contributed by atoms with Crippen LogP contribution in [-0.2, 0) is 0 Å². The largest absolute Gasteiger partial charge is 0.375 e. The first-order valence-electron chi connectivity index (χ1n) is 7.31. The van der Waals surface area contributed by atoms with E-state index in [1.807, 2.05) is 18.2 Å². The second-order valence-electron chi connectivity index (χ2n) is 5.06. The van der Waals surface area contributed by atoms with E-state index < -0.39 is 0 Å². The summed E-state index contributed by atoms with van der Waals surface area (Å²) in [4.78, 5) is 6.41. The average Bonchev–Trinajstić information content (AvgIpc) is 2.53. The molecule has 112 valence electrons. The van der Waals surface area contributed by atoms with E-state index >= 15 is 0 Å². The highest BCUT2D eigenvalue weighted by Crippen LogP contribution is 2.18. The van der Waals surface area contributed by atoms with Crippen molar-refractivity contribution in [3.63, 3.8) is 0 Å². The highest BCUT2D eigenvalue weighted by molar-refractivity contribution is 5.44. The van der Waals surface area contributed by atoms with Gasteiger partial charge in [0.1, 0.15) is 5.82 Å². The Hall–Kier alpha value is -1.94. The van der Waals surface area contributed by atoms with Gasteiger partial charge in [0.15, 0.2) is 0 Å². The van der Waals surface area contributed by atoms with Crippen LogP contribution in [0.2, 0.25) is 0 Å². The molecule has 0 amide bonds. The molecule has 0 bridgehead atoms. The van der Waals surface area contributed by atoms with Gasteiger partial charge in [-0.05, 0) is 37.2 Å². The molecule has 3 nitrogen and oxygen atoms in total. The Balaban J connectivity index is 1.98. The number of benzene rings is 1. The van der Waals surface area contributed by atoms with Gasteiger partial charge in [-0.2, -0.15) is 0 Å². The van der Waals surface area contributed by atoms with Gasteiger partial charge in [0, 0.05) is 19.3 Å². The van der Waals surface area contributed by atoms with Crippen molar-refractivity contribution in [2.45, 2.75) is 19.4 Å². The number of rotatable bonds is 7. The van der Waals surface area contributed by atoms with E-state index in [0.717, 1.165) is 25.2 Å². The zero-order chi connectivity index (χ0) is 15.1. The number of aromatic nitrogens is 1. The zero-order valence-electron chi connectivity index (χ0n) is 12.6. The van der Waals surface area contributed by atoms with Crippen molar-refractivity contribution in [1.82, 2.24) is 10.3 Å². The van der Waals surface area contributed by atoms with Crippen LogP contribution < -0.4 is 10.2 Å². The molecule has 1 aromatic heterocycles. The van der Waals surface area contributed by atoms with Crippen LogP contribution in [0, 0.1) is 5.82 Å². The van der Waals surface area contributed by atoms with Crippen molar-refractivity contribution in [3.05, 3.63) is 60.2 Å². The van der Waals surface area contributed by atoms with Crippen LogP contribution in [0.5, 0.6) is 0 Å². The minimum absolute atomic E-state index is 0.141. The van der Waals surface area contributed by atoms with Crippen LogP contribution >= 0.6 is 0 Å². The van der Waals surface area contributed by atoms with Crippen LogP contribution in [0.25, 0.3) is 0 Å². The Bertz CT molecular complexity index is 527. The van der Waals surface area contributed by atoms with E-state index in [1.54, 1.807) is 6.07 Å².